The lowest BCUT2D eigenvalue weighted by Crippen LogP contribution is -2.22. The average molecular weight is 287 g/mol. The van der Waals surface area contributed by atoms with E-state index >= 15 is 0 Å². The monoisotopic (exact) mass is 287 g/mol. The lowest BCUT2D eigenvalue weighted by atomic mass is 10.1. The van der Waals surface area contributed by atoms with Crippen LogP contribution in [-0.4, -0.2) is 22.5 Å². The molecule has 19 heavy (non-hydrogen) atoms. The molecule has 1 aromatic rings. The van der Waals surface area contributed by atoms with Crippen LogP contribution in [-0.2, 0) is 15.3 Å². The van der Waals surface area contributed by atoms with Crippen LogP contribution in [0.1, 0.15) is 32.3 Å². The standard InChI is InChI=1S/C14H21F2O2Si/c1-3-17-19(18-4-2)10-6-5-7-12-8-9-13(15)11-14(12)16/h8-9,11H,3-7,10H2,1-2H3. The van der Waals surface area contributed by atoms with Gasteiger partial charge in [-0.05, 0) is 44.4 Å². The third-order valence-electron chi connectivity index (χ3n) is 2.70. The van der Waals surface area contributed by atoms with Gasteiger partial charge in [0.25, 0.3) is 0 Å². The number of rotatable bonds is 9. The molecule has 0 aliphatic rings. The lowest BCUT2D eigenvalue weighted by Gasteiger charge is -2.12. The van der Waals surface area contributed by atoms with Crippen LogP contribution in [0.5, 0.6) is 0 Å². The molecule has 0 spiro atoms. The zero-order valence-corrected chi connectivity index (χ0v) is 12.5. The zero-order chi connectivity index (χ0) is 14.1. The van der Waals surface area contributed by atoms with Gasteiger partial charge in [-0.2, -0.15) is 0 Å². The van der Waals surface area contributed by atoms with Crippen molar-refractivity contribution in [2.75, 3.05) is 13.2 Å². The highest BCUT2D eigenvalue weighted by atomic mass is 28.3. The maximum absolute atomic E-state index is 13.4. The number of hydrogen-bond donors (Lipinski definition) is 0. The fourth-order valence-corrected chi connectivity index (χ4v) is 3.37. The van der Waals surface area contributed by atoms with Gasteiger partial charge in [0.15, 0.2) is 0 Å². The molecule has 0 aromatic heterocycles. The van der Waals surface area contributed by atoms with Gasteiger partial charge < -0.3 is 8.85 Å². The van der Waals surface area contributed by atoms with Gasteiger partial charge in [-0.1, -0.05) is 12.5 Å². The molecule has 0 aliphatic carbocycles. The molecule has 0 amide bonds. The number of halogens is 2. The van der Waals surface area contributed by atoms with Crippen molar-refractivity contribution < 1.29 is 17.6 Å². The fraction of sp³-hybridized carbons (Fsp3) is 0.571. The molecule has 0 unspecified atom stereocenters. The van der Waals surface area contributed by atoms with Crippen LogP contribution in [0.2, 0.25) is 6.04 Å². The first kappa shape index (κ1) is 16.3. The minimum Gasteiger partial charge on any atom is -0.394 e. The molecular formula is C14H21F2O2Si. The Kier molecular flexibility index (Phi) is 7.86. The molecule has 0 heterocycles. The molecular weight excluding hydrogens is 266 g/mol. The highest BCUT2D eigenvalue weighted by molar-refractivity contribution is 6.44. The topological polar surface area (TPSA) is 18.5 Å². The van der Waals surface area contributed by atoms with Crippen molar-refractivity contribution in [2.24, 2.45) is 0 Å². The maximum Gasteiger partial charge on any atom is 0.384 e. The largest absolute Gasteiger partial charge is 0.394 e. The minimum atomic E-state index is -1.17. The maximum atomic E-state index is 13.4. The number of benzene rings is 1. The summed E-state index contributed by atoms with van der Waals surface area (Å²) in [5.74, 6) is -0.986. The Balaban J connectivity index is 2.29. The van der Waals surface area contributed by atoms with E-state index in [-0.39, 0.29) is 0 Å². The van der Waals surface area contributed by atoms with Gasteiger partial charge in [0, 0.05) is 19.3 Å². The first-order chi connectivity index (χ1) is 9.17. The van der Waals surface area contributed by atoms with E-state index in [1.807, 2.05) is 13.8 Å². The predicted octanol–water partition coefficient (Wildman–Crippen LogP) is 3.85. The summed E-state index contributed by atoms with van der Waals surface area (Å²) in [4.78, 5) is 0. The smallest absolute Gasteiger partial charge is 0.384 e. The summed E-state index contributed by atoms with van der Waals surface area (Å²) in [6, 6.07) is 4.65. The molecule has 5 heteroatoms. The van der Waals surface area contributed by atoms with Crippen LogP contribution >= 0.6 is 0 Å². The van der Waals surface area contributed by atoms with Gasteiger partial charge >= 0.3 is 9.28 Å². The second-order valence-electron chi connectivity index (χ2n) is 4.18. The fourth-order valence-electron chi connectivity index (χ4n) is 1.82. The first-order valence-electron chi connectivity index (χ1n) is 6.72. The molecule has 0 saturated carbocycles. The summed E-state index contributed by atoms with van der Waals surface area (Å²) < 4.78 is 37.2. The van der Waals surface area contributed by atoms with Crippen molar-refractivity contribution in [3.05, 3.63) is 35.4 Å². The lowest BCUT2D eigenvalue weighted by molar-refractivity contribution is 0.212. The van der Waals surface area contributed by atoms with Crippen LogP contribution < -0.4 is 0 Å². The summed E-state index contributed by atoms with van der Waals surface area (Å²) in [5, 5.41) is 0. The molecule has 1 radical (unpaired) electrons. The third-order valence-corrected chi connectivity index (χ3v) is 4.69. The molecule has 2 nitrogen and oxygen atoms in total. The van der Waals surface area contributed by atoms with E-state index < -0.39 is 20.9 Å². The van der Waals surface area contributed by atoms with Gasteiger partial charge in [-0.3, -0.25) is 0 Å². The SMILES string of the molecule is CCO[Si](CCCCc1ccc(F)cc1F)OCC. The minimum absolute atomic E-state index is 0.458. The van der Waals surface area contributed by atoms with Crippen LogP contribution in [0.4, 0.5) is 8.78 Å². The van der Waals surface area contributed by atoms with Crippen molar-refractivity contribution in [1.82, 2.24) is 0 Å². The van der Waals surface area contributed by atoms with Gasteiger partial charge in [-0.15, -0.1) is 0 Å². The Bertz CT molecular complexity index is 368. The van der Waals surface area contributed by atoms with Gasteiger partial charge in [-0.25, -0.2) is 8.78 Å². The van der Waals surface area contributed by atoms with Crippen molar-refractivity contribution in [2.45, 2.75) is 39.2 Å². The molecule has 0 N–H and O–H groups in total. The Morgan fingerprint density at radius 3 is 2.32 bits per heavy atom. The van der Waals surface area contributed by atoms with Gasteiger partial charge in [0.2, 0.25) is 0 Å². The van der Waals surface area contributed by atoms with E-state index in [1.54, 1.807) is 0 Å². The Hall–Kier alpha value is -0.783. The molecule has 0 fully saturated rings. The van der Waals surface area contributed by atoms with Crippen molar-refractivity contribution in [1.29, 1.82) is 0 Å². The van der Waals surface area contributed by atoms with Crippen LogP contribution in [0.25, 0.3) is 0 Å². The summed E-state index contributed by atoms with van der Waals surface area (Å²) in [6.07, 6.45) is 2.42. The first-order valence-corrected chi connectivity index (χ1v) is 8.25. The van der Waals surface area contributed by atoms with Crippen LogP contribution in [0.3, 0.4) is 0 Å². The Morgan fingerprint density at radius 2 is 1.74 bits per heavy atom. The summed E-state index contributed by atoms with van der Waals surface area (Å²) >= 11 is 0. The number of unbranched alkanes of at least 4 members (excludes halogenated alkanes) is 1. The number of hydrogen-bond acceptors (Lipinski definition) is 2. The van der Waals surface area contributed by atoms with Gasteiger partial charge in [0.05, 0.1) is 0 Å². The second-order valence-corrected chi connectivity index (χ2v) is 6.00. The van der Waals surface area contributed by atoms with Crippen LogP contribution in [0, 0.1) is 11.6 Å². The third kappa shape index (κ3) is 6.27. The quantitative estimate of drug-likeness (QED) is 0.507. The van der Waals surface area contributed by atoms with E-state index in [0.717, 1.165) is 25.0 Å². The molecule has 1 aromatic carbocycles. The van der Waals surface area contributed by atoms with E-state index in [2.05, 4.69) is 0 Å². The van der Waals surface area contributed by atoms with E-state index in [0.29, 0.717) is 25.2 Å². The van der Waals surface area contributed by atoms with E-state index in [9.17, 15) is 8.78 Å². The van der Waals surface area contributed by atoms with Crippen molar-refractivity contribution in [3.8, 4) is 0 Å². The highest BCUT2D eigenvalue weighted by Crippen LogP contribution is 2.14. The normalized spacial score (nSPS) is 11.2. The van der Waals surface area contributed by atoms with E-state index in [4.69, 9.17) is 8.85 Å². The zero-order valence-electron chi connectivity index (χ0n) is 11.5. The van der Waals surface area contributed by atoms with Crippen molar-refractivity contribution >= 4 is 9.28 Å². The molecule has 0 aliphatic heterocycles. The molecule has 0 atom stereocenters. The highest BCUT2D eigenvalue weighted by Gasteiger charge is 2.13. The predicted molar refractivity (Wildman–Crippen MR) is 73.1 cm³/mol. The summed E-state index contributed by atoms with van der Waals surface area (Å²) in [6.45, 7) is 5.25. The average Bonchev–Trinajstić information content (AvgIpc) is 2.37. The molecule has 1 rings (SSSR count). The molecule has 0 saturated heterocycles. The number of aryl methyl sites for hydroxylation is 1. The summed E-state index contributed by atoms with van der Waals surface area (Å²) in [5.41, 5.74) is 0.572. The van der Waals surface area contributed by atoms with Crippen molar-refractivity contribution in [3.63, 3.8) is 0 Å². The van der Waals surface area contributed by atoms with Gasteiger partial charge in [0.1, 0.15) is 11.6 Å². The Labute approximate surface area is 115 Å². The van der Waals surface area contributed by atoms with E-state index in [1.165, 1.54) is 12.1 Å². The van der Waals surface area contributed by atoms with Crippen LogP contribution in [0.15, 0.2) is 18.2 Å². The summed E-state index contributed by atoms with van der Waals surface area (Å²) in [7, 11) is -1.17. The molecule has 107 valence electrons. The second kappa shape index (κ2) is 9.17. The Morgan fingerprint density at radius 1 is 1.05 bits per heavy atom. The molecule has 0 bridgehead atoms.